The molecule has 0 aromatic carbocycles. The number of aromatic nitrogens is 1. The number of amides is 1. The summed E-state index contributed by atoms with van der Waals surface area (Å²) in [5.74, 6) is -0.557. The van der Waals surface area contributed by atoms with Crippen LogP contribution in [-0.2, 0) is 4.79 Å². The lowest BCUT2D eigenvalue weighted by Gasteiger charge is -2.23. The number of hydrogen-bond donors (Lipinski definition) is 2. The van der Waals surface area contributed by atoms with Crippen LogP contribution in [-0.4, -0.2) is 21.4 Å². The van der Waals surface area contributed by atoms with Gasteiger partial charge in [-0.2, -0.15) is 5.26 Å². The number of nitro groups is 1. The lowest BCUT2D eigenvalue weighted by Crippen LogP contribution is -2.45. The van der Waals surface area contributed by atoms with Crippen molar-refractivity contribution in [1.29, 1.82) is 5.26 Å². The summed E-state index contributed by atoms with van der Waals surface area (Å²) in [6.07, 6.45) is 1.00. The number of nitriles is 1. The molecule has 18 heavy (non-hydrogen) atoms. The minimum atomic E-state index is -1.12. The van der Waals surface area contributed by atoms with E-state index < -0.39 is 16.4 Å². The molecule has 0 radical (unpaired) electrons. The van der Waals surface area contributed by atoms with Crippen molar-refractivity contribution < 1.29 is 9.72 Å². The molecular weight excluding hydrogens is 238 g/mol. The van der Waals surface area contributed by atoms with Gasteiger partial charge >= 0.3 is 0 Å². The Labute approximate surface area is 103 Å². The van der Waals surface area contributed by atoms with E-state index in [0.29, 0.717) is 0 Å². The minimum absolute atomic E-state index is 0.0291. The number of anilines is 1. The second-order valence-corrected chi connectivity index (χ2v) is 4.07. The molecule has 8 heteroatoms. The molecule has 0 saturated heterocycles. The summed E-state index contributed by atoms with van der Waals surface area (Å²) in [6.45, 7) is 3.03. The number of hydrogen-bond acceptors (Lipinski definition) is 6. The first kappa shape index (κ1) is 13.4. The maximum absolute atomic E-state index is 11.1. The average Bonchev–Trinajstić information content (AvgIpc) is 2.28. The molecule has 0 aliphatic heterocycles. The van der Waals surface area contributed by atoms with Gasteiger partial charge in [-0.05, 0) is 13.8 Å². The molecule has 1 amide bonds. The molecule has 0 fully saturated rings. The van der Waals surface area contributed by atoms with Gasteiger partial charge in [-0.25, -0.2) is 4.98 Å². The maximum atomic E-state index is 11.1. The molecule has 3 N–H and O–H groups in total. The van der Waals surface area contributed by atoms with E-state index in [4.69, 9.17) is 11.0 Å². The summed E-state index contributed by atoms with van der Waals surface area (Å²) in [7, 11) is 0. The van der Waals surface area contributed by atoms with Crippen LogP contribution in [0.4, 0.5) is 11.5 Å². The number of rotatable bonds is 4. The fourth-order valence-corrected chi connectivity index (χ4v) is 1.10. The molecule has 0 unspecified atom stereocenters. The lowest BCUT2D eigenvalue weighted by molar-refractivity contribution is -0.385. The van der Waals surface area contributed by atoms with Crippen LogP contribution < -0.4 is 11.1 Å². The van der Waals surface area contributed by atoms with E-state index in [2.05, 4.69) is 10.3 Å². The number of nitrogens with one attached hydrogen (secondary N) is 1. The van der Waals surface area contributed by atoms with Gasteiger partial charge in [0.25, 0.3) is 5.69 Å². The average molecular weight is 249 g/mol. The molecule has 8 nitrogen and oxygen atoms in total. The Morgan fingerprint density at radius 1 is 1.67 bits per heavy atom. The molecule has 1 rings (SSSR count). The van der Waals surface area contributed by atoms with Crippen molar-refractivity contribution in [2.24, 2.45) is 5.73 Å². The number of carbonyl (C=O) groups excluding carboxylic acids is 1. The third kappa shape index (κ3) is 2.70. The summed E-state index contributed by atoms with van der Waals surface area (Å²) in [5, 5.41) is 22.1. The Kier molecular flexibility index (Phi) is 3.47. The first-order chi connectivity index (χ1) is 8.27. The third-order valence-corrected chi connectivity index (χ3v) is 2.25. The molecular formula is C10H11N5O3. The van der Waals surface area contributed by atoms with Crippen LogP contribution in [0, 0.1) is 21.4 Å². The SMILES string of the molecule is CC(C)(Nc1ncc([N+](=O)[O-])cc1C#N)C(N)=O. The number of nitrogens with zero attached hydrogens (tertiary/aromatic N) is 3. The van der Waals surface area contributed by atoms with Crippen LogP contribution in [0.3, 0.4) is 0 Å². The molecule has 0 aliphatic carbocycles. The largest absolute Gasteiger partial charge is 0.368 e. The van der Waals surface area contributed by atoms with Gasteiger partial charge in [0.1, 0.15) is 29.2 Å². The van der Waals surface area contributed by atoms with Crippen molar-refractivity contribution in [3.8, 4) is 6.07 Å². The highest BCUT2D eigenvalue weighted by molar-refractivity contribution is 5.87. The number of pyridine rings is 1. The van der Waals surface area contributed by atoms with Crippen LogP contribution in [0.15, 0.2) is 12.3 Å². The fourth-order valence-electron chi connectivity index (χ4n) is 1.10. The van der Waals surface area contributed by atoms with E-state index >= 15 is 0 Å². The highest BCUT2D eigenvalue weighted by Gasteiger charge is 2.26. The smallest absolute Gasteiger partial charge is 0.289 e. The van der Waals surface area contributed by atoms with Gasteiger partial charge in [0.15, 0.2) is 0 Å². The van der Waals surface area contributed by atoms with Gasteiger partial charge in [-0.3, -0.25) is 14.9 Å². The minimum Gasteiger partial charge on any atom is -0.368 e. The molecule has 1 aromatic heterocycles. The van der Waals surface area contributed by atoms with Gasteiger partial charge in [-0.1, -0.05) is 0 Å². The quantitative estimate of drug-likeness (QED) is 0.590. The topological polar surface area (TPSA) is 135 Å². The zero-order valence-electron chi connectivity index (χ0n) is 9.80. The Bertz CT molecular complexity index is 547. The van der Waals surface area contributed by atoms with Crippen LogP contribution in [0.2, 0.25) is 0 Å². The van der Waals surface area contributed by atoms with Gasteiger partial charge in [0.05, 0.1) is 4.92 Å². The van der Waals surface area contributed by atoms with Crippen LogP contribution >= 0.6 is 0 Å². The Hall–Kier alpha value is -2.69. The second-order valence-electron chi connectivity index (χ2n) is 4.07. The first-order valence-electron chi connectivity index (χ1n) is 4.90. The van der Waals surface area contributed by atoms with Gasteiger partial charge < -0.3 is 11.1 Å². The van der Waals surface area contributed by atoms with E-state index in [1.165, 1.54) is 13.8 Å². The van der Waals surface area contributed by atoms with Crippen molar-refractivity contribution in [2.75, 3.05) is 5.32 Å². The fraction of sp³-hybridized carbons (Fsp3) is 0.300. The number of primary amides is 1. The van der Waals surface area contributed by atoms with Crippen molar-refractivity contribution in [3.63, 3.8) is 0 Å². The molecule has 1 aromatic rings. The van der Waals surface area contributed by atoms with E-state index in [9.17, 15) is 14.9 Å². The van der Waals surface area contributed by atoms with E-state index in [1.807, 2.05) is 0 Å². The van der Waals surface area contributed by atoms with Crippen molar-refractivity contribution in [1.82, 2.24) is 4.98 Å². The van der Waals surface area contributed by atoms with E-state index in [0.717, 1.165) is 12.3 Å². The molecule has 94 valence electrons. The van der Waals surface area contributed by atoms with Crippen molar-refractivity contribution >= 4 is 17.4 Å². The van der Waals surface area contributed by atoms with Gasteiger partial charge in [-0.15, -0.1) is 0 Å². The Morgan fingerprint density at radius 2 is 2.28 bits per heavy atom. The van der Waals surface area contributed by atoms with E-state index in [1.54, 1.807) is 6.07 Å². The molecule has 0 spiro atoms. The van der Waals surface area contributed by atoms with Gasteiger partial charge in [0, 0.05) is 6.07 Å². The maximum Gasteiger partial charge on any atom is 0.289 e. The summed E-state index contributed by atoms with van der Waals surface area (Å²) < 4.78 is 0. The standard InChI is InChI=1S/C10H11N5O3/c1-10(2,9(12)16)14-8-6(4-11)3-7(5-13-8)15(17)18/h3,5H,1-2H3,(H2,12,16)(H,13,14). The number of nitrogens with two attached hydrogens (primary N) is 1. The Morgan fingerprint density at radius 3 is 2.72 bits per heavy atom. The van der Waals surface area contributed by atoms with Crippen molar-refractivity contribution in [3.05, 3.63) is 27.9 Å². The molecule has 0 atom stereocenters. The summed E-state index contributed by atoms with van der Waals surface area (Å²) >= 11 is 0. The summed E-state index contributed by atoms with van der Waals surface area (Å²) in [4.78, 5) is 24.8. The lowest BCUT2D eigenvalue weighted by atomic mass is 10.0. The Balaban J connectivity index is 3.16. The zero-order valence-corrected chi connectivity index (χ0v) is 9.80. The van der Waals surface area contributed by atoms with E-state index in [-0.39, 0.29) is 17.1 Å². The highest BCUT2D eigenvalue weighted by atomic mass is 16.6. The van der Waals surface area contributed by atoms with Crippen molar-refractivity contribution in [2.45, 2.75) is 19.4 Å². The monoisotopic (exact) mass is 249 g/mol. The number of carbonyl (C=O) groups is 1. The molecule has 0 bridgehead atoms. The molecule has 0 saturated carbocycles. The molecule has 1 heterocycles. The summed E-state index contributed by atoms with van der Waals surface area (Å²) in [5.41, 5.74) is 3.72. The summed E-state index contributed by atoms with van der Waals surface area (Å²) in [6, 6.07) is 2.85. The normalized spacial score (nSPS) is 10.5. The predicted octanol–water partition coefficient (Wildman–Crippen LogP) is 0.537. The van der Waals surface area contributed by atoms with Gasteiger partial charge in [0.2, 0.25) is 5.91 Å². The highest BCUT2D eigenvalue weighted by Crippen LogP contribution is 2.21. The molecule has 0 aliphatic rings. The first-order valence-corrected chi connectivity index (χ1v) is 4.90. The van der Waals surface area contributed by atoms with Crippen LogP contribution in [0.1, 0.15) is 19.4 Å². The van der Waals surface area contributed by atoms with Crippen LogP contribution in [0.5, 0.6) is 0 Å². The zero-order chi connectivity index (χ0) is 13.9. The third-order valence-electron chi connectivity index (χ3n) is 2.25. The predicted molar refractivity (Wildman–Crippen MR) is 62.5 cm³/mol. The second kappa shape index (κ2) is 4.67. The van der Waals surface area contributed by atoms with Crippen LogP contribution in [0.25, 0.3) is 0 Å².